The zero-order chi connectivity index (χ0) is 2.00. The third kappa shape index (κ3) is 18.0. The SMILES string of the molecule is [Cu].[H-].[InH3].[K+].[SeH][SeH]. The Bertz CT molecular complexity index is 13.5. The summed E-state index contributed by atoms with van der Waals surface area (Å²) in [4.78, 5) is 0. The van der Waals surface area contributed by atoms with Crippen LogP contribution in [0.25, 0.3) is 0 Å². The average Bonchev–Trinajstić information content (AvgIpc) is 1.00. The maximum atomic E-state index is 2.25. The molecule has 5 heteroatoms. The van der Waals surface area contributed by atoms with Gasteiger partial charge in [0.25, 0.3) is 0 Å². The molecule has 0 rings (SSSR count). The van der Waals surface area contributed by atoms with Gasteiger partial charge in [-0.25, -0.2) is 0 Å². The van der Waals surface area contributed by atoms with Crippen LogP contribution in [0.2, 0.25) is 0 Å². The van der Waals surface area contributed by atoms with Gasteiger partial charge in [0, 0.05) is 17.1 Å². The summed E-state index contributed by atoms with van der Waals surface area (Å²) < 4.78 is 0. The molecule has 0 heterocycles. The van der Waals surface area contributed by atoms with E-state index in [2.05, 4.69) is 28.4 Å². The normalized spacial score (nSPS) is 1.20. The molecule has 0 aromatic heterocycles. The van der Waals surface area contributed by atoms with Crippen LogP contribution in [0.5, 0.6) is 0 Å². The van der Waals surface area contributed by atoms with E-state index in [1.54, 1.807) is 0 Å². The first-order valence-electron chi connectivity index (χ1n) is 0.200. The molecule has 0 aliphatic heterocycles. The van der Waals surface area contributed by atoms with Gasteiger partial charge in [0.05, 0.1) is 0 Å². The summed E-state index contributed by atoms with van der Waals surface area (Å²) in [5, 5.41) is 0. The summed E-state index contributed by atoms with van der Waals surface area (Å²) in [5.74, 6) is 0. The third-order valence-electron chi connectivity index (χ3n) is 0. The van der Waals surface area contributed by atoms with Gasteiger partial charge in [0.2, 0.25) is 0 Å². The second-order valence-corrected chi connectivity index (χ2v) is 0. The molecule has 33 valence electrons. The van der Waals surface area contributed by atoms with Gasteiger partial charge in [-0.2, -0.15) is 0 Å². The summed E-state index contributed by atoms with van der Waals surface area (Å²) in [7, 11) is 0. The van der Waals surface area contributed by atoms with E-state index in [4.69, 9.17) is 0 Å². The third-order valence-corrected chi connectivity index (χ3v) is 0. The van der Waals surface area contributed by atoms with Gasteiger partial charge in [-0.1, -0.05) is 0 Å². The Morgan fingerprint density at radius 2 is 1.20 bits per heavy atom. The molecular formula is H6CuInKSe2. The molecule has 0 saturated carbocycles. The molecule has 0 aromatic carbocycles. The van der Waals surface area contributed by atoms with Crippen molar-refractivity contribution in [3.05, 3.63) is 0 Å². The molecule has 0 nitrogen and oxygen atoms in total. The first-order valence-corrected chi connectivity index (χ1v) is 5.40. The topological polar surface area (TPSA) is 0 Å². The van der Waals surface area contributed by atoms with E-state index in [1.807, 2.05) is 0 Å². The van der Waals surface area contributed by atoms with E-state index >= 15 is 0 Å². The van der Waals surface area contributed by atoms with E-state index in [-0.39, 0.29) is 95.7 Å². The summed E-state index contributed by atoms with van der Waals surface area (Å²) in [5.41, 5.74) is 0. The molecule has 0 N–H and O–H groups in total. The van der Waals surface area contributed by atoms with Gasteiger partial charge >= 0.3 is 106 Å². The Hall–Kier alpha value is 4.06. The summed E-state index contributed by atoms with van der Waals surface area (Å²) in [6, 6.07) is 0. The van der Waals surface area contributed by atoms with Gasteiger partial charge in [0.1, 0.15) is 0 Å². The van der Waals surface area contributed by atoms with Crippen molar-refractivity contribution in [2.75, 3.05) is 0 Å². The molecule has 0 aliphatic carbocycles. The molecule has 0 unspecified atom stereocenters. The number of hydrogen-bond acceptors (Lipinski definition) is 0. The second-order valence-electron chi connectivity index (χ2n) is 0. The Morgan fingerprint density at radius 1 is 1.20 bits per heavy atom. The van der Waals surface area contributed by atoms with E-state index < -0.39 is 0 Å². The van der Waals surface area contributed by atoms with Gasteiger partial charge < -0.3 is 1.43 Å². The van der Waals surface area contributed by atoms with Crippen LogP contribution in [-0.4, -0.2) is 54.2 Å². The molecule has 0 aliphatic rings. The predicted octanol–water partition coefficient (Wildman–Crippen LogP) is -5.37. The monoisotopic (exact) mass is 383 g/mol. The Kier molecular flexibility index (Phi) is 112. The van der Waals surface area contributed by atoms with E-state index in [9.17, 15) is 0 Å². The predicted molar refractivity (Wildman–Crippen MR) is 25.3 cm³/mol. The van der Waals surface area contributed by atoms with Crippen LogP contribution in [0.3, 0.4) is 0 Å². The second kappa shape index (κ2) is 24.4. The molecule has 0 bridgehead atoms. The van der Waals surface area contributed by atoms with Crippen LogP contribution in [0.15, 0.2) is 0 Å². The zero-order valence-electron chi connectivity index (χ0n) is 3.20. The number of hydrogen-bond donors (Lipinski definition) is 0. The van der Waals surface area contributed by atoms with Crippen LogP contribution < -0.4 is 51.4 Å². The van der Waals surface area contributed by atoms with Crippen molar-refractivity contribution in [1.29, 1.82) is 0 Å². The van der Waals surface area contributed by atoms with Gasteiger partial charge in [-0.3, -0.25) is 0 Å². The fourth-order valence-corrected chi connectivity index (χ4v) is 0. The van der Waals surface area contributed by atoms with E-state index in [1.165, 1.54) is 0 Å². The van der Waals surface area contributed by atoms with Gasteiger partial charge in [-0.05, 0) is 0 Å². The minimum absolute atomic E-state index is 0. The summed E-state index contributed by atoms with van der Waals surface area (Å²) in [6.07, 6.45) is 0. The first kappa shape index (κ1) is 23.0. The fraction of sp³-hybridized carbons (Fsp3) is 0. The Morgan fingerprint density at radius 3 is 1.20 bits per heavy atom. The maximum absolute atomic E-state index is 2.25. The molecule has 0 spiro atoms. The fourth-order valence-electron chi connectivity index (χ4n) is 0. The zero-order valence-corrected chi connectivity index (χ0v) is 10.0. The Balaban J connectivity index is -0.000000000833. The molecule has 0 amide bonds. The van der Waals surface area contributed by atoms with Crippen molar-refractivity contribution < 1.29 is 69.9 Å². The van der Waals surface area contributed by atoms with Gasteiger partial charge in [0.15, 0.2) is 0 Å². The van der Waals surface area contributed by atoms with Crippen molar-refractivity contribution in [2.24, 2.45) is 0 Å². The van der Waals surface area contributed by atoms with Crippen LogP contribution >= 0.6 is 0 Å². The van der Waals surface area contributed by atoms with Crippen LogP contribution in [0.4, 0.5) is 0 Å². The number of rotatable bonds is 0. The van der Waals surface area contributed by atoms with Crippen LogP contribution in [0.1, 0.15) is 1.43 Å². The van der Waals surface area contributed by atoms with E-state index in [0.717, 1.165) is 0 Å². The molecular weight excluding hydrogens is 375 g/mol. The first-order chi connectivity index (χ1) is 1.00. The molecule has 0 fully saturated rings. The van der Waals surface area contributed by atoms with Crippen molar-refractivity contribution in [3.63, 3.8) is 0 Å². The Labute approximate surface area is 121 Å². The summed E-state index contributed by atoms with van der Waals surface area (Å²) >= 11 is 4.50. The van der Waals surface area contributed by atoms with Gasteiger partial charge in [-0.15, -0.1) is 0 Å². The molecule has 0 aromatic rings. The standard InChI is InChI=1S/Cu.In.K.H2Se2.4H/c;;;1-2;;;;/h;;;1-2H;;;;/q;;+1;;;;;-1. The quantitative estimate of drug-likeness (QED) is 0.368. The minimum atomic E-state index is 0. The average molecular weight is 381 g/mol. The van der Waals surface area contributed by atoms with Crippen molar-refractivity contribution in [2.45, 2.75) is 0 Å². The molecule has 0 saturated heterocycles. The molecule has 5 heavy (non-hydrogen) atoms. The van der Waals surface area contributed by atoms with E-state index in [0.29, 0.717) is 0 Å². The van der Waals surface area contributed by atoms with Crippen molar-refractivity contribution >= 4 is 54.2 Å². The van der Waals surface area contributed by atoms with Crippen LogP contribution in [0, 0.1) is 0 Å². The molecule has 0 atom stereocenters. The summed E-state index contributed by atoms with van der Waals surface area (Å²) in [6.45, 7) is 0. The molecule has 1 radical (unpaired) electrons. The van der Waals surface area contributed by atoms with Crippen LogP contribution in [-0.2, 0) is 17.1 Å². The van der Waals surface area contributed by atoms with Crippen molar-refractivity contribution in [3.8, 4) is 0 Å². The van der Waals surface area contributed by atoms with Crippen molar-refractivity contribution in [1.82, 2.24) is 0 Å².